The highest BCUT2D eigenvalue weighted by Crippen LogP contribution is 2.19. The minimum Gasteiger partial charge on any atom is -0.321 e. The third-order valence-electron chi connectivity index (χ3n) is 2.87. The first kappa shape index (κ1) is 13.7. The maximum Gasteiger partial charge on any atom is 0.256 e. The smallest absolute Gasteiger partial charge is 0.256 e. The van der Waals surface area contributed by atoms with Gasteiger partial charge in [-0.1, -0.05) is 17.7 Å². The fraction of sp³-hybridized carbons (Fsp3) is 0.200. The van der Waals surface area contributed by atoms with Gasteiger partial charge in [-0.2, -0.15) is 0 Å². The lowest BCUT2D eigenvalue weighted by molar-refractivity contribution is 0.102. The average Bonchev–Trinajstić information content (AvgIpc) is 2.27. The molecule has 4 heteroatoms. The van der Waals surface area contributed by atoms with Gasteiger partial charge in [0.05, 0.1) is 11.9 Å². The molecule has 98 valence electrons. The number of pyridine rings is 1. The second-order valence-electron chi connectivity index (χ2n) is 4.62. The summed E-state index contributed by atoms with van der Waals surface area (Å²) in [5.74, 6) is -0.102. The predicted molar refractivity (Wildman–Crippen MR) is 80.5 cm³/mol. The van der Waals surface area contributed by atoms with Gasteiger partial charge in [0.25, 0.3) is 5.91 Å². The van der Waals surface area contributed by atoms with Crippen molar-refractivity contribution in [3.05, 3.63) is 57.3 Å². The second kappa shape index (κ2) is 5.53. The molecule has 0 fully saturated rings. The van der Waals surface area contributed by atoms with Gasteiger partial charge in [0.15, 0.2) is 0 Å². The summed E-state index contributed by atoms with van der Waals surface area (Å²) in [6, 6.07) is 5.85. The summed E-state index contributed by atoms with van der Waals surface area (Å²) in [6.07, 6.45) is 3.31. The standard InChI is InChI=1S/C15H15BrN2O/c1-9-4-10(2)14(11(3)5-9)15(19)18-13-6-12(16)7-17-8-13/h4-8H,1-3H3,(H,18,19). The van der Waals surface area contributed by atoms with E-state index < -0.39 is 0 Å². The zero-order chi connectivity index (χ0) is 14.0. The molecular weight excluding hydrogens is 304 g/mol. The summed E-state index contributed by atoms with van der Waals surface area (Å²) in [4.78, 5) is 16.4. The number of aromatic nitrogens is 1. The Bertz CT molecular complexity index is 615. The zero-order valence-electron chi connectivity index (χ0n) is 11.1. The van der Waals surface area contributed by atoms with Gasteiger partial charge in [0, 0.05) is 16.2 Å². The van der Waals surface area contributed by atoms with Crippen LogP contribution in [-0.4, -0.2) is 10.9 Å². The Balaban J connectivity index is 2.31. The van der Waals surface area contributed by atoms with E-state index in [1.54, 1.807) is 12.4 Å². The van der Waals surface area contributed by atoms with Crippen molar-refractivity contribution in [2.75, 3.05) is 5.32 Å². The molecule has 19 heavy (non-hydrogen) atoms. The summed E-state index contributed by atoms with van der Waals surface area (Å²) in [5.41, 5.74) is 4.54. The van der Waals surface area contributed by atoms with E-state index in [4.69, 9.17) is 0 Å². The minimum absolute atomic E-state index is 0.102. The fourth-order valence-electron chi connectivity index (χ4n) is 2.21. The highest BCUT2D eigenvalue weighted by atomic mass is 79.9. The number of nitrogens with one attached hydrogen (secondary N) is 1. The highest BCUT2D eigenvalue weighted by Gasteiger charge is 2.13. The van der Waals surface area contributed by atoms with Gasteiger partial charge in [-0.05, 0) is 53.9 Å². The van der Waals surface area contributed by atoms with Crippen LogP contribution in [0.2, 0.25) is 0 Å². The normalized spacial score (nSPS) is 10.3. The average molecular weight is 319 g/mol. The lowest BCUT2D eigenvalue weighted by Gasteiger charge is -2.11. The van der Waals surface area contributed by atoms with Crippen LogP contribution in [0.1, 0.15) is 27.0 Å². The van der Waals surface area contributed by atoms with Gasteiger partial charge in [-0.15, -0.1) is 0 Å². The molecular formula is C15H15BrN2O. The molecule has 0 radical (unpaired) electrons. The van der Waals surface area contributed by atoms with Gasteiger partial charge in [-0.25, -0.2) is 0 Å². The van der Waals surface area contributed by atoms with Gasteiger partial charge in [-0.3, -0.25) is 9.78 Å². The van der Waals surface area contributed by atoms with E-state index in [1.165, 1.54) is 0 Å². The number of nitrogens with zero attached hydrogens (tertiary/aromatic N) is 1. The van der Waals surface area contributed by atoms with Crippen LogP contribution in [0.15, 0.2) is 35.1 Å². The van der Waals surface area contributed by atoms with Crippen LogP contribution in [0.5, 0.6) is 0 Å². The van der Waals surface area contributed by atoms with Crippen molar-refractivity contribution < 1.29 is 4.79 Å². The van der Waals surface area contributed by atoms with Gasteiger partial charge < -0.3 is 5.32 Å². The first-order valence-corrected chi connectivity index (χ1v) is 6.76. The topological polar surface area (TPSA) is 42.0 Å². The Hall–Kier alpha value is -1.68. The molecule has 0 bridgehead atoms. The van der Waals surface area contributed by atoms with Crippen molar-refractivity contribution in [2.24, 2.45) is 0 Å². The van der Waals surface area contributed by atoms with Crippen LogP contribution in [0.4, 0.5) is 5.69 Å². The van der Waals surface area contributed by atoms with Gasteiger partial charge >= 0.3 is 0 Å². The molecule has 0 saturated heterocycles. The molecule has 0 aliphatic carbocycles. The van der Waals surface area contributed by atoms with Crippen molar-refractivity contribution in [3.8, 4) is 0 Å². The number of rotatable bonds is 2. The van der Waals surface area contributed by atoms with E-state index in [1.807, 2.05) is 39.0 Å². The van der Waals surface area contributed by atoms with E-state index >= 15 is 0 Å². The van der Waals surface area contributed by atoms with Crippen molar-refractivity contribution in [3.63, 3.8) is 0 Å². The molecule has 0 aliphatic heterocycles. The number of carbonyl (C=O) groups is 1. The molecule has 0 spiro atoms. The molecule has 1 aromatic heterocycles. The molecule has 2 rings (SSSR count). The van der Waals surface area contributed by atoms with Crippen LogP contribution in [0.25, 0.3) is 0 Å². The minimum atomic E-state index is -0.102. The number of aryl methyl sites for hydroxylation is 3. The largest absolute Gasteiger partial charge is 0.321 e. The number of amides is 1. The van der Waals surface area contributed by atoms with Crippen molar-refractivity contribution in [1.29, 1.82) is 0 Å². The Labute approximate surface area is 121 Å². The van der Waals surface area contributed by atoms with Crippen molar-refractivity contribution in [2.45, 2.75) is 20.8 Å². The molecule has 0 aliphatic rings. The quantitative estimate of drug-likeness (QED) is 0.908. The number of halogens is 1. The van der Waals surface area contributed by atoms with E-state index in [-0.39, 0.29) is 5.91 Å². The Morgan fingerprint density at radius 2 is 1.74 bits per heavy atom. The second-order valence-corrected chi connectivity index (χ2v) is 5.54. The first-order valence-electron chi connectivity index (χ1n) is 5.97. The van der Waals surface area contributed by atoms with Crippen LogP contribution >= 0.6 is 15.9 Å². The number of hydrogen-bond donors (Lipinski definition) is 1. The molecule has 1 N–H and O–H groups in total. The molecule has 3 nitrogen and oxygen atoms in total. The lowest BCUT2D eigenvalue weighted by atomic mass is 9.99. The Morgan fingerprint density at radius 1 is 1.11 bits per heavy atom. The maximum absolute atomic E-state index is 12.3. The third-order valence-corrected chi connectivity index (χ3v) is 3.30. The van der Waals surface area contributed by atoms with E-state index in [0.29, 0.717) is 5.69 Å². The van der Waals surface area contributed by atoms with Crippen molar-refractivity contribution in [1.82, 2.24) is 4.98 Å². The monoisotopic (exact) mass is 318 g/mol. The molecule has 0 atom stereocenters. The molecule has 0 unspecified atom stereocenters. The van der Waals surface area contributed by atoms with E-state index in [9.17, 15) is 4.79 Å². The summed E-state index contributed by atoms with van der Waals surface area (Å²) >= 11 is 3.33. The molecule has 2 aromatic rings. The highest BCUT2D eigenvalue weighted by molar-refractivity contribution is 9.10. The van der Waals surface area contributed by atoms with Gasteiger partial charge in [0.1, 0.15) is 0 Å². The maximum atomic E-state index is 12.3. The van der Waals surface area contributed by atoms with E-state index in [2.05, 4.69) is 26.2 Å². The van der Waals surface area contributed by atoms with Gasteiger partial charge in [0.2, 0.25) is 0 Å². The molecule has 1 heterocycles. The summed E-state index contributed by atoms with van der Waals surface area (Å²) in [5, 5.41) is 2.87. The summed E-state index contributed by atoms with van der Waals surface area (Å²) in [6.45, 7) is 5.93. The van der Waals surface area contributed by atoms with Crippen LogP contribution in [0, 0.1) is 20.8 Å². The SMILES string of the molecule is Cc1cc(C)c(C(=O)Nc2cncc(Br)c2)c(C)c1. The number of carbonyl (C=O) groups excluding carboxylic acids is 1. The van der Waals surface area contributed by atoms with Crippen LogP contribution in [-0.2, 0) is 0 Å². The fourth-order valence-corrected chi connectivity index (χ4v) is 2.58. The zero-order valence-corrected chi connectivity index (χ0v) is 12.7. The Kier molecular flexibility index (Phi) is 4.00. The van der Waals surface area contributed by atoms with Crippen LogP contribution in [0.3, 0.4) is 0 Å². The number of benzene rings is 1. The molecule has 0 saturated carbocycles. The third kappa shape index (κ3) is 3.20. The molecule has 1 aromatic carbocycles. The molecule has 1 amide bonds. The van der Waals surface area contributed by atoms with E-state index in [0.717, 1.165) is 26.7 Å². The number of anilines is 1. The lowest BCUT2D eigenvalue weighted by Crippen LogP contribution is -2.15. The predicted octanol–water partition coefficient (Wildman–Crippen LogP) is 4.02. The number of hydrogen-bond acceptors (Lipinski definition) is 2. The first-order chi connectivity index (χ1) is 8.97. The Morgan fingerprint density at radius 3 is 2.32 bits per heavy atom. The summed E-state index contributed by atoms with van der Waals surface area (Å²) < 4.78 is 0.836. The van der Waals surface area contributed by atoms with Crippen LogP contribution < -0.4 is 5.32 Å². The van der Waals surface area contributed by atoms with Crippen molar-refractivity contribution >= 4 is 27.5 Å². The summed E-state index contributed by atoms with van der Waals surface area (Å²) in [7, 11) is 0.